The summed E-state index contributed by atoms with van der Waals surface area (Å²) in [5, 5.41) is 8.83. The zero-order valence-electron chi connectivity index (χ0n) is 10.5. The lowest BCUT2D eigenvalue weighted by Crippen LogP contribution is -2.14. The summed E-state index contributed by atoms with van der Waals surface area (Å²) in [5.41, 5.74) is 5.46. The van der Waals surface area contributed by atoms with Crippen LogP contribution in [0.2, 0.25) is 0 Å². The predicted octanol–water partition coefficient (Wildman–Crippen LogP) is 2.06. The molecule has 0 spiro atoms. The van der Waals surface area contributed by atoms with Gasteiger partial charge >= 0.3 is 5.97 Å². The molecule has 19 heavy (non-hydrogen) atoms. The molecule has 102 valence electrons. The van der Waals surface area contributed by atoms with E-state index in [0.717, 1.165) is 0 Å². The molecule has 1 rings (SSSR count). The van der Waals surface area contributed by atoms with Crippen LogP contribution in [-0.2, 0) is 22.5 Å². The maximum Gasteiger partial charge on any atom is 0.310 e. The van der Waals surface area contributed by atoms with Gasteiger partial charge in [0, 0.05) is 12.1 Å². The van der Waals surface area contributed by atoms with Crippen molar-refractivity contribution in [3.8, 4) is 6.07 Å². The lowest BCUT2D eigenvalue weighted by Gasteiger charge is -2.14. The summed E-state index contributed by atoms with van der Waals surface area (Å²) >= 11 is 0. The second-order valence-corrected chi connectivity index (χ2v) is 3.76. The minimum absolute atomic E-state index is 0.122. The summed E-state index contributed by atoms with van der Waals surface area (Å²) in [7, 11) is 0. The highest BCUT2D eigenvalue weighted by Crippen LogP contribution is 2.29. The highest BCUT2D eigenvalue weighted by Gasteiger charge is 2.21. The summed E-state index contributed by atoms with van der Waals surface area (Å²) in [6.45, 7) is 1.71. The van der Waals surface area contributed by atoms with Gasteiger partial charge < -0.3 is 10.5 Å². The van der Waals surface area contributed by atoms with Crippen molar-refractivity contribution >= 4 is 5.97 Å². The Hall–Kier alpha value is -2.00. The van der Waals surface area contributed by atoms with Gasteiger partial charge in [-0.05, 0) is 24.1 Å². The number of ether oxygens (including phenoxy) is 1. The maximum atomic E-state index is 13.0. The molecule has 1 aromatic rings. The number of nitriles is 1. The minimum atomic E-state index is -2.81. The summed E-state index contributed by atoms with van der Waals surface area (Å²) in [5.74, 6) is -0.512. The van der Waals surface area contributed by atoms with E-state index in [4.69, 9.17) is 15.7 Å². The second kappa shape index (κ2) is 6.81. The van der Waals surface area contributed by atoms with Crippen LogP contribution in [0.1, 0.15) is 35.6 Å². The fourth-order valence-electron chi connectivity index (χ4n) is 1.83. The van der Waals surface area contributed by atoms with Crippen molar-refractivity contribution in [2.75, 3.05) is 6.61 Å². The summed E-state index contributed by atoms with van der Waals surface area (Å²) in [6.07, 6.45) is -2.94. The van der Waals surface area contributed by atoms with Crippen molar-refractivity contribution in [3.63, 3.8) is 0 Å². The zero-order chi connectivity index (χ0) is 14.4. The van der Waals surface area contributed by atoms with Gasteiger partial charge in [0.15, 0.2) is 0 Å². The molecule has 0 aromatic heterocycles. The summed E-state index contributed by atoms with van der Waals surface area (Å²) < 4.78 is 30.8. The molecular formula is C13H14F2N2O2. The van der Waals surface area contributed by atoms with Crippen LogP contribution in [-0.4, -0.2) is 12.6 Å². The molecule has 0 aliphatic carbocycles. The number of nitrogens with zero attached hydrogens (tertiary/aromatic N) is 1. The van der Waals surface area contributed by atoms with Gasteiger partial charge in [0.2, 0.25) is 0 Å². The topological polar surface area (TPSA) is 76.1 Å². The number of halogens is 2. The fourth-order valence-corrected chi connectivity index (χ4v) is 1.83. The van der Waals surface area contributed by atoms with Crippen LogP contribution in [0, 0.1) is 11.3 Å². The Morgan fingerprint density at radius 2 is 2.21 bits per heavy atom. The smallest absolute Gasteiger partial charge is 0.310 e. The van der Waals surface area contributed by atoms with E-state index in [0.29, 0.717) is 5.56 Å². The van der Waals surface area contributed by atoms with E-state index in [9.17, 15) is 13.6 Å². The number of alkyl halides is 2. The van der Waals surface area contributed by atoms with E-state index in [1.165, 1.54) is 12.1 Å². The molecule has 0 bridgehead atoms. The number of hydrogen-bond donors (Lipinski definition) is 1. The first-order valence-electron chi connectivity index (χ1n) is 5.73. The van der Waals surface area contributed by atoms with E-state index in [-0.39, 0.29) is 30.7 Å². The molecule has 1 aromatic carbocycles. The average molecular weight is 268 g/mol. The molecule has 0 amide bonds. The van der Waals surface area contributed by atoms with Crippen molar-refractivity contribution in [3.05, 3.63) is 34.4 Å². The van der Waals surface area contributed by atoms with Crippen LogP contribution in [0.4, 0.5) is 8.78 Å². The van der Waals surface area contributed by atoms with Crippen LogP contribution in [0.5, 0.6) is 0 Å². The first-order chi connectivity index (χ1) is 9.04. The number of carbonyl (C=O) groups excluding carboxylic acids is 1. The van der Waals surface area contributed by atoms with Gasteiger partial charge in [-0.2, -0.15) is 5.26 Å². The van der Waals surface area contributed by atoms with Crippen molar-refractivity contribution in [1.82, 2.24) is 0 Å². The van der Waals surface area contributed by atoms with Gasteiger partial charge in [-0.25, -0.2) is 8.78 Å². The minimum Gasteiger partial charge on any atom is -0.466 e. The van der Waals surface area contributed by atoms with Gasteiger partial charge in [-0.1, -0.05) is 6.07 Å². The van der Waals surface area contributed by atoms with Crippen LogP contribution in [0.25, 0.3) is 0 Å². The first-order valence-corrected chi connectivity index (χ1v) is 5.73. The second-order valence-electron chi connectivity index (χ2n) is 3.76. The van der Waals surface area contributed by atoms with E-state index in [2.05, 4.69) is 0 Å². The average Bonchev–Trinajstić information content (AvgIpc) is 2.38. The number of benzene rings is 1. The number of esters is 1. The highest BCUT2D eigenvalue weighted by molar-refractivity contribution is 5.73. The molecule has 0 unspecified atom stereocenters. The monoisotopic (exact) mass is 268 g/mol. The molecule has 0 saturated heterocycles. The molecule has 0 radical (unpaired) electrons. The normalized spacial score (nSPS) is 10.3. The van der Waals surface area contributed by atoms with Gasteiger partial charge in [0.1, 0.15) is 0 Å². The molecule has 6 heteroatoms. The van der Waals surface area contributed by atoms with Crippen LogP contribution < -0.4 is 5.73 Å². The van der Waals surface area contributed by atoms with Gasteiger partial charge in [0.25, 0.3) is 6.43 Å². The number of nitrogens with two attached hydrogens (primary N) is 1. The summed E-state index contributed by atoms with van der Waals surface area (Å²) in [4.78, 5) is 11.4. The molecule has 4 nitrogen and oxygen atoms in total. The Kier molecular flexibility index (Phi) is 5.39. The van der Waals surface area contributed by atoms with Crippen molar-refractivity contribution in [2.45, 2.75) is 26.3 Å². The summed E-state index contributed by atoms with van der Waals surface area (Å²) in [6, 6.07) is 4.44. The number of carbonyl (C=O) groups is 1. The number of hydrogen-bond acceptors (Lipinski definition) is 4. The Bertz CT molecular complexity index is 510. The third-order valence-corrected chi connectivity index (χ3v) is 2.64. The van der Waals surface area contributed by atoms with Gasteiger partial charge in [-0.15, -0.1) is 0 Å². The van der Waals surface area contributed by atoms with Crippen LogP contribution in [0.15, 0.2) is 12.1 Å². The molecular weight excluding hydrogens is 254 g/mol. The largest absolute Gasteiger partial charge is 0.466 e. The Balaban J connectivity index is 3.24. The highest BCUT2D eigenvalue weighted by atomic mass is 19.3. The predicted molar refractivity (Wildman–Crippen MR) is 64.3 cm³/mol. The molecule has 0 atom stereocenters. The van der Waals surface area contributed by atoms with Crippen molar-refractivity contribution < 1.29 is 18.3 Å². The van der Waals surface area contributed by atoms with Crippen molar-refractivity contribution in [1.29, 1.82) is 5.26 Å². The standard InChI is InChI=1S/C13H14F2N2O2/c1-2-19-11(18)5-8-3-4-9(6-16)12(13(14)15)10(8)7-17/h3-4,13H,2,5,7,17H2,1H3. The molecule has 0 aliphatic heterocycles. The fraction of sp³-hybridized carbons (Fsp3) is 0.385. The third-order valence-electron chi connectivity index (χ3n) is 2.64. The van der Waals surface area contributed by atoms with E-state index in [1.54, 1.807) is 13.0 Å². The molecule has 0 heterocycles. The van der Waals surface area contributed by atoms with Crippen LogP contribution >= 0.6 is 0 Å². The number of rotatable bonds is 5. The Morgan fingerprint density at radius 1 is 1.53 bits per heavy atom. The molecule has 0 saturated carbocycles. The van der Waals surface area contributed by atoms with Crippen LogP contribution in [0.3, 0.4) is 0 Å². The lowest BCUT2D eigenvalue weighted by molar-refractivity contribution is -0.142. The maximum absolute atomic E-state index is 13.0. The Labute approximate surface area is 109 Å². The Morgan fingerprint density at radius 3 is 2.68 bits per heavy atom. The molecule has 0 fully saturated rings. The van der Waals surface area contributed by atoms with E-state index in [1.807, 2.05) is 0 Å². The quantitative estimate of drug-likeness (QED) is 0.829. The van der Waals surface area contributed by atoms with Gasteiger partial charge in [0.05, 0.1) is 24.7 Å². The zero-order valence-corrected chi connectivity index (χ0v) is 10.5. The lowest BCUT2D eigenvalue weighted by atomic mass is 9.95. The SMILES string of the molecule is CCOC(=O)Cc1ccc(C#N)c(C(F)F)c1CN. The third kappa shape index (κ3) is 3.48. The molecule has 0 aliphatic rings. The van der Waals surface area contributed by atoms with Crippen molar-refractivity contribution in [2.24, 2.45) is 5.73 Å². The van der Waals surface area contributed by atoms with E-state index < -0.39 is 18.0 Å². The first kappa shape index (κ1) is 15.1. The van der Waals surface area contributed by atoms with Gasteiger partial charge in [-0.3, -0.25) is 4.79 Å². The van der Waals surface area contributed by atoms with E-state index >= 15 is 0 Å². The molecule has 2 N–H and O–H groups in total.